The predicted octanol–water partition coefficient (Wildman–Crippen LogP) is 5.91. The number of hydrogen-bond acceptors (Lipinski definition) is 5. The second-order valence-corrected chi connectivity index (χ2v) is 8.70. The Balaban J connectivity index is 1.76. The van der Waals surface area contributed by atoms with Crippen molar-refractivity contribution in [2.24, 2.45) is 0 Å². The number of ether oxygens (including phenoxy) is 2. The first-order chi connectivity index (χ1) is 16.9. The normalized spacial score (nSPS) is 10.7. The lowest BCUT2D eigenvalue weighted by Crippen LogP contribution is -2.20. The van der Waals surface area contributed by atoms with Crippen molar-refractivity contribution < 1.29 is 19.1 Å². The highest BCUT2D eigenvalue weighted by Crippen LogP contribution is 2.35. The van der Waals surface area contributed by atoms with Gasteiger partial charge in [0.05, 0.1) is 10.2 Å². The van der Waals surface area contributed by atoms with E-state index in [4.69, 9.17) is 21.1 Å². The van der Waals surface area contributed by atoms with Crippen molar-refractivity contribution in [2.45, 2.75) is 6.92 Å². The molecule has 2 N–H and O–H groups in total. The molecular weight excluding hydrogens is 581 g/mol. The molecule has 3 aromatic rings. The number of hydrogen-bond donors (Lipinski definition) is 2. The average molecular weight is 602 g/mol. The van der Waals surface area contributed by atoms with Gasteiger partial charge in [0.25, 0.3) is 11.8 Å². The van der Waals surface area contributed by atoms with Gasteiger partial charge in [0.1, 0.15) is 11.6 Å². The number of carbonyl (C=O) groups is 2. The van der Waals surface area contributed by atoms with Crippen LogP contribution in [0.2, 0.25) is 5.02 Å². The molecule has 0 saturated carbocycles. The molecular formula is C26H21ClIN3O4. The summed E-state index contributed by atoms with van der Waals surface area (Å²) in [6, 6.07) is 20.9. The van der Waals surface area contributed by atoms with Crippen LogP contribution in [0, 0.1) is 14.9 Å². The van der Waals surface area contributed by atoms with Crippen LogP contribution in [0.5, 0.6) is 11.5 Å². The third-order valence-corrected chi connectivity index (χ3v) is 5.57. The lowest BCUT2D eigenvalue weighted by atomic mass is 10.1. The van der Waals surface area contributed by atoms with Gasteiger partial charge in [-0.3, -0.25) is 9.59 Å². The fourth-order valence-electron chi connectivity index (χ4n) is 2.98. The number of halogens is 2. The number of anilines is 2. The highest BCUT2D eigenvalue weighted by molar-refractivity contribution is 14.1. The number of para-hydroxylation sites is 1. The minimum absolute atomic E-state index is 0.0666. The number of carbonyl (C=O) groups excluding carboxylic acids is 2. The third-order valence-electron chi connectivity index (χ3n) is 4.52. The topological polar surface area (TPSA) is 100 Å². The summed E-state index contributed by atoms with van der Waals surface area (Å²) in [4.78, 5) is 24.9. The second-order valence-electron chi connectivity index (χ2n) is 7.10. The van der Waals surface area contributed by atoms with Gasteiger partial charge < -0.3 is 20.1 Å². The van der Waals surface area contributed by atoms with E-state index in [1.807, 2.05) is 19.1 Å². The van der Waals surface area contributed by atoms with Crippen LogP contribution in [0.4, 0.5) is 11.4 Å². The van der Waals surface area contributed by atoms with Gasteiger partial charge >= 0.3 is 0 Å². The Bertz CT molecular complexity index is 1270. The number of benzene rings is 3. The molecule has 0 spiro atoms. The first-order valence-corrected chi connectivity index (χ1v) is 12.0. The molecule has 0 heterocycles. The van der Waals surface area contributed by atoms with Crippen LogP contribution in [0.3, 0.4) is 0 Å². The molecule has 0 unspecified atom stereocenters. The van der Waals surface area contributed by atoms with Crippen LogP contribution in [-0.2, 0) is 9.59 Å². The van der Waals surface area contributed by atoms with Gasteiger partial charge in [-0.1, -0.05) is 29.8 Å². The van der Waals surface area contributed by atoms with Crippen molar-refractivity contribution in [3.8, 4) is 17.6 Å². The summed E-state index contributed by atoms with van der Waals surface area (Å²) < 4.78 is 12.1. The van der Waals surface area contributed by atoms with E-state index in [1.54, 1.807) is 60.7 Å². The zero-order valence-electron chi connectivity index (χ0n) is 18.7. The maximum atomic E-state index is 12.5. The summed E-state index contributed by atoms with van der Waals surface area (Å²) in [5.41, 5.74) is 1.70. The number of nitrogens with zero attached hydrogens (tertiary/aromatic N) is 1. The molecule has 3 aromatic carbocycles. The predicted molar refractivity (Wildman–Crippen MR) is 145 cm³/mol. The molecule has 7 nitrogen and oxygen atoms in total. The molecule has 2 amide bonds. The van der Waals surface area contributed by atoms with Crippen molar-refractivity contribution in [3.05, 3.63) is 86.5 Å². The molecule has 9 heteroatoms. The smallest absolute Gasteiger partial charge is 0.266 e. The number of rotatable bonds is 9. The van der Waals surface area contributed by atoms with E-state index in [0.717, 1.165) is 0 Å². The first kappa shape index (κ1) is 26.1. The van der Waals surface area contributed by atoms with Gasteiger partial charge in [0.15, 0.2) is 18.1 Å². The van der Waals surface area contributed by atoms with Crippen molar-refractivity contribution >= 4 is 63.5 Å². The highest BCUT2D eigenvalue weighted by Gasteiger charge is 2.16. The zero-order chi connectivity index (χ0) is 25.2. The Morgan fingerprint density at radius 3 is 2.37 bits per heavy atom. The molecule has 3 rings (SSSR count). The molecule has 0 saturated heterocycles. The first-order valence-electron chi connectivity index (χ1n) is 10.5. The number of nitrogens with one attached hydrogen (secondary N) is 2. The Kier molecular flexibility index (Phi) is 9.52. The lowest BCUT2D eigenvalue weighted by molar-refractivity contribution is -0.118. The Hall–Kier alpha value is -3.55. The van der Waals surface area contributed by atoms with Crippen LogP contribution in [0.25, 0.3) is 6.08 Å². The minimum atomic E-state index is -0.522. The van der Waals surface area contributed by atoms with Crippen LogP contribution >= 0.6 is 34.2 Å². The van der Waals surface area contributed by atoms with Gasteiger partial charge in [0, 0.05) is 16.4 Å². The molecule has 35 heavy (non-hydrogen) atoms. The summed E-state index contributed by atoms with van der Waals surface area (Å²) in [5, 5.41) is 15.5. The molecule has 0 radical (unpaired) electrons. The Labute approximate surface area is 221 Å². The van der Waals surface area contributed by atoms with Crippen LogP contribution < -0.4 is 20.1 Å². The SMILES string of the molecule is CCOc1cc(/C=C(\C#N)C(=O)Nc2ccccc2)cc(I)c1OCC(=O)Nc1ccc(Cl)cc1. The standard InChI is InChI=1S/C26H21ClIN3O4/c1-2-34-23-14-17(12-18(15-29)26(33)31-20-6-4-3-5-7-20)13-22(28)25(23)35-16-24(32)30-21-10-8-19(27)9-11-21/h3-14H,2,16H2,1H3,(H,30,32)(H,31,33)/b18-12+. The molecule has 0 aliphatic carbocycles. The maximum absolute atomic E-state index is 12.5. The molecule has 0 aliphatic heterocycles. The van der Waals surface area contributed by atoms with E-state index in [1.165, 1.54) is 6.08 Å². The number of nitriles is 1. The fraction of sp³-hybridized carbons (Fsp3) is 0.115. The molecule has 0 aromatic heterocycles. The number of amides is 2. The van der Waals surface area contributed by atoms with Crippen molar-refractivity contribution in [3.63, 3.8) is 0 Å². The average Bonchev–Trinajstić information content (AvgIpc) is 2.84. The van der Waals surface area contributed by atoms with Gasteiger partial charge in [0.2, 0.25) is 0 Å². The minimum Gasteiger partial charge on any atom is -0.490 e. The quantitative estimate of drug-likeness (QED) is 0.181. The Morgan fingerprint density at radius 2 is 1.71 bits per heavy atom. The van der Waals surface area contributed by atoms with Crippen LogP contribution in [0.15, 0.2) is 72.3 Å². The molecule has 0 atom stereocenters. The van der Waals surface area contributed by atoms with Gasteiger partial charge in [-0.25, -0.2) is 0 Å². The van der Waals surface area contributed by atoms with E-state index in [-0.39, 0.29) is 18.1 Å². The van der Waals surface area contributed by atoms with Crippen molar-refractivity contribution in [1.29, 1.82) is 5.26 Å². The van der Waals surface area contributed by atoms with Crippen molar-refractivity contribution in [2.75, 3.05) is 23.8 Å². The van der Waals surface area contributed by atoms with Crippen LogP contribution in [-0.4, -0.2) is 25.0 Å². The highest BCUT2D eigenvalue weighted by atomic mass is 127. The summed E-state index contributed by atoms with van der Waals surface area (Å²) in [6.45, 7) is 1.94. The fourth-order valence-corrected chi connectivity index (χ4v) is 3.88. The summed E-state index contributed by atoms with van der Waals surface area (Å²) >= 11 is 7.92. The van der Waals surface area contributed by atoms with E-state index in [2.05, 4.69) is 33.2 Å². The largest absolute Gasteiger partial charge is 0.490 e. The summed E-state index contributed by atoms with van der Waals surface area (Å²) in [5.74, 6) is -0.0847. The Morgan fingerprint density at radius 1 is 1.03 bits per heavy atom. The van der Waals surface area contributed by atoms with Gasteiger partial charge in [-0.05, 0) is 89.7 Å². The summed E-state index contributed by atoms with van der Waals surface area (Å²) in [6.07, 6.45) is 1.47. The summed E-state index contributed by atoms with van der Waals surface area (Å²) in [7, 11) is 0. The zero-order valence-corrected chi connectivity index (χ0v) is 21.6. The molecule has 0 bridgehead atoms. The van der Waals surface area contributed by atoms with Gasteiger partial charge in [-0.2, -0.15) is 5.26 Å². The van der Waals surface area contributed by atoms with Crippen LogP contribution in [0.1, 0.15) is 12.5 Å². The molecule has 0 aliphatic rings. The van der Waals surface area contributed by atoms with E-state index < -0.39 is 5.91 Å². The maximum Gasteiger partial charge on any atom is 0.266 e. The molecule has 0 fully saturated rings. The monoisotopic (exact) mass is 601 g/mol. The van der Waals surface area contributed by atoms with Gasteiger partial charge in [-0.15, -0.1) is 0 Å². The lowest BCUT2D eigenvalue weighted by Gasteiger charge is -2.15. The van der Waals surface area contributed by atoms with E-state index in [9.17, 15) is 14.9 Å². The second kappa shape index (κ2) is 12.8. The molecule has 178 valence electrons. The van der Waals surface area contributed by atoms with E-state index >= 15 is 0 Å². The van der Waals surface area contributed by atoms with Crippen molar-refractivity contribution in [1.82, 2.24) is 0 Å². The van der Waals surface area contributed by atoms with E-state index in [0.29, 0.717) is 43.6 Å². The third kappa shape index (κ3) is 7.73.